The molecule has 0 aromatic carbocycles. The Morgan fingerprint density at radius 2 is 1.31 bits per heavy atom. The third-order valence-corrected chi connectivity index (χ3v) is 9.60. The standard InChI is InChI=1S/C29H58N3/c1-6-31(20-12-8-13-21-31)25-17-29(3,4)27-32(22-14-9-15-23-32)24-16-28(2)26-30(5)18-10-7-11-19-30/h6,28H,1,7-27H2,2-5H3/q+3. The smallest absolute Gasteiger partial charge is 0.0885 e. The molecular formula is C29H58N3+3. The molecule has 3 rings (SSSR count). The van der Waals surface area contributed by atoms with E-state index >= 15 is 0 Å². The first-order valence-electron chi connectivity index (χ1n) is 14.4. The predicted octanol–water partition coefficient (Wildman–Crippen LogP) is 6.20. The maximum Gasteiger partial charge on any atom is 0.0885 e. The first kappa shape index (κ1) is 26.2. The van der Waals surface area contributed by atoms with E-state index in [4.69, 9.17) is 0 Å². The summed E-state index contributed by atoms with van der Waals surface area (Å²) in [5, 5.41) is 0. The predicted molar refractivity (Wildman–Crippen MR) is 139 cm³/mol. The van der Waals surface area contributed by atoms with Crippen molar-refractivity contribution in [1.29, 1.82) is 0 Å². The monoisotopic (exact) mass is 448 g/mol. The van der Waals surface area contributed by atoms with Gasteiger partial charge in [0.1, 0.15) is 0 Å². The van der Waals surface area contributed by atoms with Crippen LogP contribution in [0.3, 0.4) is 0 Å². The van der Waals surface area contributed by atoms with E-state index in [2.05, 4.69) is 40.6 Å². The summed E-state index contributed by atoms with van der Waals surface area (Å²) in [6, 6.07) is 0. The lowest BCUT2D eigenvalue weighted by molar-refractivity contribution is -0.941. The Hall–Kier alpha value is -0.380. The highest BCUT2D eigenvalue weighted by molar-refractivity contribution is 4.73. The van der Waals surface area contributed by atoms with Gasteiger partial charge in [-0.2, -0.15) is 0 Å². The van der Waals surface area contributed by atoms with Crippen molar-refractivity contribution in [2.75, 3.05) is 72.5 Å². The Kier molecular flexibility index (Phi) is 9.31. The highest BCUT2D eigenvalue weighted by Crippen LogP contribution is 2.33. The minimum Gasteiger partial charge on any atom is -0.326 e. The molecule has 186 valence electrons. The van der Waals surface area contributed by atoms with E-state index in [1.165, 1.54) is 150 Å². The molecule has 3 saturated heterocycles. The summed E-state index contributed by atoms with van der Waals surface area (Å²) in [5.74, 6) is 0.862. The molecule has 3 fully saturated rings. The number of quaternary nitrogens is 3. The molecule has 0 radical (unpaired) electrons. The van der Waals surface area contributed by atoms with Gasteiger partial charge in [-0.05, 0) is 64.4 Å². The van der Waals surface area contributed by atoms with Gasteiger partial charge in [0.05, 0.1) is 78.7 Å². The second kappa shape index (κ2) is 11.4. The van der Waals surface area contributed by atoms with Gasteiger partial charge in [0.25, 0.3) is 0 Å². The molecule has 1 unspecified atom stereocenters. The van der Waals surface area contributed by atoms with Crippen LogP contribution in [0.1, 0.15) is 91.4 Å². The number of rotatable bonds is 11. The van der Waals surface area contributed by atoms with Crippen LogP contribution in [0.4, 0.5) is 0 Å². The summed E-state index contributed by atoms with van der Waals surface area (Å²) in [7, 11) is 2.53. The van der Waals surface area contributed by atoms with Crippen LogP contribution >= 0.6 is 0 Å². The molecule has 0 aromatic rings. The third kappa shape index (κ3) is 7.57. The Balaban J connectivity index is 1.56. The van der Waals surface area contributed by atoms with Crippen LogP contribution in [0.15, 0.2) is 12.8 Å². The zero-order valence-corrected chi connectivity index (χ0v) is 22.6. The van der Waals surface area contributed by atoms with E-state index < -0.39 is 0 Å². The number of hydrogen-bond acceptors (Lipinski definition) is 0. The Morgan fingerprint density at radius 3 is 1.88 bits per heavy atom. The van der Waals surface area contributed by atoms with Crippen molar-refractivity contribution in [1.82, 2.24) is 0 Å². The maximum atomic E-state index is 4.26. The Morgan fingerprint density at radius 1 is 0.781 bits per heavy atom. The molecule has 0 saturated carbocycles. The van der Waals surface area contributed by atoms with Crippen LogP contribution in [0.5, 0.6) is 0 Å². The summed E-state index contributed by atoms with van der Waals surface area (Å²) in [6.45, 7) is 25.9. The normalized spacial score (nSPS) is 26.4. The van der Waals surface area contributed by atoms with Crippen molar-refractivity contribution in [3.8, 4) is 0 Å². The van der Waals surface area contributed by atoms with E-state index in [0.717, 1.165) is 5.92 Å². The first-order valence-corrected chi connectivity index (χ1v) is 14.4. The number of piperidine rings is 3. The molecule has 1 atom stereocenters. The van der Waals surface area contributed by atoms with Gasteiger partial charge in [0.15, 0.2) is 0 Å². The van der Waals surface area contributed by atoms with Crippen molar-refractivity contribution in [2.24, 2.45) is 11.3 Å². The second-order valence-electron chi connectivity index (χ2n) is 13.5. The van der Waals surface area contributed by atoms with E-state index in [-0.39, 0.29) is 0 Å². The minimum absolute atomic E-state index is 0.428. The zero-order chi connectivity index (χ0) is 23.1. The molecule has 0 spiro atoms. The van der Waals surface area contributed by atoms with Crippen molar-refractivity contribution < 1.29 is 13.4 Å². The summed E-state index contributed by atoms with van der Waals surface area (Å²) < 4.78 is 3.93. The van der Waals surface area contributed by atoms with E-state index in [0.29, 0.717) is 5.41 Å². The average molecular weight is 449 g/mol. The molecule has 0 amide bonds. The van der Waals surface area contributed by atoms with Crippen molar-refractivity contribution in [2.45, 2.75) is 91.4 Å². The lowest BCUT2D eigenvalue weighted by atomic mass is 9.85. The molecule has 0 N–H and O–H groups in total. The molecule has 0 aromatic heterocycles. The van der Waals surface area contributed by atoms with Crippen LogP contribution in [-0.2, 0) is 0 Å². The lowest BCUT2D eigenvalue weighted by Gasteiger charge is -2.48. The molecule has 32 heavy (non-hydrogen) atoms. The van der Waals surface area contributed by atoms with Crippen LogP contribution < -0.4 is 0 Å². The highest BCUT2D eigenvalue weighted by Gasteiger charge is 2.39. The maximum absolute atomic E-state index is 4.26. The topological polar surface area (TPSA) is 0 Å². The van der Waals surface area contributed by atoms with Crippen LogP contribution in [0.25, 0.3) is 0 Å². The van der Waals surface area contributed by atoms with Gasteiger partial charge < -0.3 is 8.97 Å². The summed E-state index contributed by atoms with van der Waals surface area (Å²) >= 11 is 0. The quantitative estimate of drug-likeness (QED) is 0.330. The Labute approximate surface area is 201 Å². The van der Waals surface area contributed by atoms with Gasteiger partial charge in [-0.25, -0.2) is 0 Å². The molecule has 0 bridgehead atoms. The number of hydrogen-bond donors (Lipinski definition) is 0. The molecular weight excluding hydrogens is 390 g/mol. The van der Waals surface area contributed by atoms with Crippen LogP contribution in [0.2, 0.25) is 0 Å². The second-order valence-corrected chi connectivity index (χ2v) is 13.5. The molecule has 3 heteroatoms. The van der Waals surface area contributed by atoms with Gasteiger partial charge >= 0.3 is 0 Å². The van der Waals surface area contributed by atoms with Gasteiger partial charge in [-0.15, -0.1) is 0 Å². The van der Waals surface area contributed by atoms with Crippen LogP contribution in [-0.4, -0.2) is 85.9 Å². The third-order valence-electron chi connectivity index (χ3n) is 9.60. The summed E-state index contributed by atoms with van der Waals surface area (Å²) in [5.41, 5.74) is 0.428. The first-order chi connectivity index (χ1) is 15.2. The van der Waals surface area contributed by atoms with Crippen molar-refractivity contribution >= 4 is 0 Å². The van der Waals surface area contributed by atoms with Gasteiger partial charge in [-0.3, -0.25) is 4.48 Å². The van der Waals surface area contributed by atoms with Crippen molar-refractivity contribution in [3.63, 3.8) is 0 Å². The zero-order valence-electron chi connectivity index (χ0n) is 22.6. The van der Waals surface area contributed by atoms with E-state index in [9.17, 15) is 0 Å². The van der Waals surface area contributed by atoms with Gasteiger partial charge in [0.2, 0.25) is 0 Å². The van der Waals surface area contributed by atoms with Gasteiger partial charge in [0, 0.05) is 24.2 Å². The Bertz CT molecular complexity index is 563. The molecule has 3 heterocycles. The van der Waals surface area contributed by atoms with E-state index in [1.807, 2.05) is 0 Å². The molecule has 3 nitrogen and oxygen atoms in total. The van der Waals surface area contributed by atoms with Crippen LogP contribution in [0, 0.1) is 11.3 Å². The number of nitrogens with zero attached hydrogens (tertiary/aromatic N) is 3. The van der Waals surface area contributed by atoms with Gasteiger partial charge in [-0.1, -0.05) is 20.8 Å². The number of likely N-dealkylation sites (tertiary alicyclic amines) is 3. The highest BCUT2D eigenvalue weighted by atomic mass is 15.4. The SMILES string of the molecule is C=C[N+]1(CCC(C)(C)C[N+]2(CCC(C)C[N+]3(C)CCCCC3)CCCCC2)CCCCC1. The summed E-state index contributed by atoms with van der Waals surface area (Å²) in [6.07, 6.45) is 18.0. The van der Waals surface area contributed by atoms with E-state index in [1.54, 1.807) is 0 Å². The fraction of sp³-hybridized carbons (Fsp3) is 0.931. The summed E-state index contributed by atoms with van der Waals surface area (Å²) in [4.78, 5) is 0. The fourth-order valence-corrected chi connectivity index (χ4v) is 7.59. The molecule has 0 aliphatic carbocycles. The molecule has 3 aliphatic rings. The lowest BCUT2D eigenvalue weighted by Crippen LogP contribution is -2.58. The largest absolute Gasteiger partial charge is 0.326 e. The average Bonchev–Trinajstić information content (AvgIpc) is 2.78. The minimum atomic E-state index is 0.428. The molecule has 3 aliphatic heterocycles. The van der Waals surface area contributed by atoms with Crippen molar-refractivity contribution in [3.05, 3.63) is 12.8 Å². The fourth-order valence-electron chi connectivity index (χ4n) is 7.59.